The van der Waals surface area contributed by atoms with Gasteiger partial charge in [-0.15, -0.1) is 0 Å². The number of anilines is 1. The molecule has 2 aromatic carbocycles. The molecule has 0 aliphatic carbocycles. The van der Waals surface area contributed by atoms with Crippen LogP contribution in [0.25, 0.3) is 0 Å². The largest absolute Gasteiger partial charge is 0.497 e. The number of sulfonamides is 1. The Labute approximate surface area is 158 Å². The van der Waals surface area contributed by atoms with Gasteiger partial charge in [-0.25, -0.2) is 13.1 Å². The maximum absolute atomic E-state index is 12.6. The van der Waals surface area contributed by atoms with E-state index in [0.717, 1.165) is 6.42 Å². The number of carbonyl (C=O) groups is 1. The topological polar surface area (TPSA) is 84.9 Å². The third kappa shape index (κ3) is 4.23. The Morgan fingerprint density at radius 2 is 1.81 bits per heavy atom. The van der Waals surface area contributed by atoms with Crippen LogP contribution in [0.5, 0.6) is 11.5 Å². The quantitative estimate of drug-likeness (QED) is 0.784. The van der Waals surface area contributed by atoms with Crippen LogP contribution in [0.15, 0.2) is 47.4 Å². The van der Waals surface area contributed by atoms with E-state index >= 15 is 0 Å². The molecule has 0 saturated carbocycles. The number of carbonyl (C=O) groups excluding carboxylic acids is 1. The van der Waals surface area contributed by atoms with Crippen LogP contribution < -0.4 is 19.1 Å². The summed E-state index contributed by atoms with van der Waals surface area (Å²) in [5, 5.41) is 0. The zero-order valence-electron chi connectivity index (χ0n) is 15.3. The summed E-state index contributed by atoms with van der Waals surface area (Å²) in [6.07, 6.45) is 1.36. The Morgan fingerprint density at radius 1 is 1.07 bits per heavy atom. The highest BCUT2D eigenvalue weighted by molar-refractivity contribution is 7.89. The number of methoxy groups -OCH3 is 2. The highest BCUT2D eigenvalue weighted by Gasteiger charge is 2.22. The van der Waals surface area contributed by atoms with Gasteiger partial charge in [0.25, 0.3) is 0 Å². The maximum Gasteiger partial charge on any atom is 0.240 e. The van der Waals surface area contributed by atoms with Crippen molar-refractivity contribution in [3.05, 3.63) is 48.0 Å². The molecule has 0 aromatic heterocycles. The van der Waals surface area contributed by atoms with E-state index in [2.05, 4.69) is 4.72 Å². The first-order chi connectivity index (χ1) is 12.9. The first-order valence-electron chi connectivity index (χ1n) is 8.55. The van der Waals surface area contributed by atoms with Crippen LogP contribution >= 0.6 is 0 Å². The highest BCUT2D eigenvalue weighted by Crippen LogP contribution is 2.26. The van der Waals surface area contributed by atoms with Gasteiger partial charge in [0.15, 0.2) is 0 Å². The number of hydrogen-bond donors (Lipinski definition) is 1. The third-order valence-electron chi connectivity index (χ3n) is 4.48. The Kier molecular flexibility index (Phi) is 5.67. The van der Waals surface area contributed by atoms with E-state index < -0.39 is 10.0 Å². The molecule has 7 nitrogen and oxygen atoms in total. The standard InChI is InChI=1S/C19H22N2O5S/c1-25-16-8-5-14(18(12-16)26-2)13-20-27(23,24)17-9-6-15(7-10-17)21-11-3-4-19(21)22/h5-10,12,20H,3-4,11,13H2,1-2H3. The van der Waals surface area contributed by atoms with Gasteiger partial charge in [-0.2, -0.15) is 0 Å². The number of benzene rings is 2. The molecule has 1 aliphatic rings. The fourth-order valence-electron chi connectivity index (χ4n) is 2.98. The molecule has 0 unspecified atom stereocenters. The summed E-state index contributed by atoms with van der Waals surface area (Å²) in [5.41, 5.74) is 1.41. The summed E-state index contributed by atoms with van der Waals surface area (Å²) >= 11 is 0. The molecule has 0 bridgehead atoms. The van der Waals surface area contributed by atoms with Crippen molar-refractivity contribution in [1.82, 2.24) is 4.72 Å². The van der Waals surface area contributed by atoms with Crippen LogP contribution in [0.1, 0.15) is 18.4 Å². The van der Waals surface area contributed by atoms with Crippen molar-refractivity contribution in [3.63, 3.8) is 0 Å². The predicted molar refractivity (Wildman–Crippen MR) is 102 cm³/mol. The second kappa shape index (κ2) is 7.98. The first kappa shape index (κ1) is 19.2. The Bertz CT molecular complexity index is 926. The van der Waals surface area contributed by atoms with Crippen LogP contribution in [0.3, 0.4) is 0 Å². The van der Waals surface area contributed by atoms with Gasteiger partial charge in [0.2, 0.25) is 15.9 Å². The molecule has 1 fully saturated rings. The molecule has 2 aromatic rings. The smallest absolute Gasteiger partial charge is 0.240 e. The van der Waals surface area contributed by atoms with Crippen molar-refractivity contribution in [2.75, 3.05) is 25.7 Å². The van der Waals surface area contributed by atoms with E-state index in [1.165, 1.54) is 19.2 Å². The van der Waals surface area contributed by atoms with E-state index in [4.69, 9.17) is 9.47 Å². The minimum Gasteiger partial charge on any atom is -0.497 e. The van der Waals surface area contributed by atoms with Crippen LogP contribution in [0.4, 0.5) is 5.69 Å². The molecule has 1 heterocycles. The Balaban J connectivity index is 1.72. The third-order valence-corrected chi connectivity index (χ3v) is 5.90. The number of hydrogen-bond acceptors (Lipinski definition) is 5. The van der Waals surface area contributed by atoms with Gasteiger partial charge < -0.3 is 14.4 Å². The SMILES string of the molecule is COc1ccc(CNS(=O)(=O)c2ccc(N3CCCC3=O)cc2)c(OC)c1. The lowest BCUT2D eigenvalue weighted by molar-refractivity contribution is -0.117. The van der Waals surface area contributed by atoms with Gasteiger partial charge in [-0.3, -0.25) is 4.79 Å². The monoisotopic (exact) mass is 390 g/mol. The molecule has 1 amide bonds. The molecule has 1 aliphatic heterocycles. The summed E-state index contributed by atoms with van der Waals surface area (Å²) in [4.78, 5) is 13.6. The minimum atomic E-state index is -3.69. The second-order valence-electron chi connectivity index (χ2n) is 6.15. The van der Waals surface area contributed by atoms with Gasteiger partial charge in [0.05, 0.1) is 19.1 Å². The number of nitrogens with one attached hydrogen (secondary N) is 1. The lowest BCUT2D eigenvalue weighted by Gasteiger charge is -2.16. The summed E-state index contributed by atoms with van der Waals surface area (Å²) in [5.74, 6) is 1.24. The average Bonchev–Trinajstić information content (AvgIpc) is 3.12. The Morgan fingerprint density at radius 3 is 2.41 bits per heavy atom. The molecule has 0 radical (unpaired) electrons. The molecule has 8 heteroatoms. The highest BCUT2D eigenvalue weighted by atomic mass is 32.2. The van der Waals surface area contributed by atoms with E-state index in [1.54, 1.807) is 42.3 Å². The maximum atomic E-state index is 12.6. The zero-order valence-corrected chi connectivity index (χ0v) is 16.1. The van der Waals surface area contributed by atoms with Crippen molar-refractivity contribution in [2.24, 2.45) is 0 Å². The van der Waals surface area contributed by atoms with Crippen molar-refractivity contribution < 1.29 is 22.7 Å². The molecular formula is C19H22N2O5S. The van der Waals surface area contributed by atoms with Crippen molar-refractivity contribution in [1.29, 1.82) is 0 Å². The lowest BCUT2D eigenvalue weighted by atomic mass is 10.2. The van der Waals surface area contributed by atoms with Gasteiger partial charge in [-0.1, -0.05) is 6.07 Å². The molecule has 27 heavy (non-hydrogen) atoms. The van der Waals surface area contributed by atoms with E-state index in [9.17, 15) is 13.2 Å². The van der Waals surface area contributed by atoms with Gasteiger partial charge >= 0.3 is 0 Å². The van der Waals surface area contributed by atoms with Crippen molar-refractivity contribution >= 4 is 21.6 Å². The van der Waals surface area contributed by atoms with Crippen molar-refractivity contribution in [2.45, 2.75) is 24.3 Å². The van der Waals surface area contributed by atoms with Crippen LogP contribution in [-0.2, 0) is 21.4 Å². The molecule has 3 rings (SSSR count). The summed E-state index contributed by atoms with van der Waals surface area (Å²) < 4.78 is 38.1. The lowest BCUT2D eigenvalue weighted by Crippen LogP contribution is -2.25. The number of nitrogens with zero attached hydrogens (tertiary/aromatic N) is 1. The molecule has 1 saturated heterocycles. The molecule has 0 spiro atoms. The fourth-order valence-corrected chi connectivity index (χ4v) is 3.99. The molecule has 1 N–H and O–H groups in total. The second-order valence-corrected chi connectivity index (χ2v) is 7.91. The van der Waals surface area contributed by atoms with E-state index in [-0.39, 0.29) is 17.3 Å². The fraction of sp³-hybridized carbons (Fsp3) is 0.316. The van der Waals surface area contributed by atoms with Crippen LogP contribution in [0.2, 0.25) is 0 Å². The normalized spacial score (nSPS) is 14.4. The average molecular weight is 390 g/mol. The van der Waals surface area contributed by atoms with E-state index in [1.807, 2.05) is 0 Å². The summed E-state index contributed by atoms with van der Waals surface area (Å²) in [6.45, 7) is 0.752. The first-order valence-corrected chi connectivity index (χ1v) is 10.0. The number of rotatable bonds is 7. The summed E-state index contributed by atoms with van der Waals surface area (Å²) in [7, 11) is -0.622. The van der Waals surface area contributed by atoms with Gasteiger partial charge in [-0.05, 0) is 36.8 Å². The van der Waals surface area contributed by atoms with Gasteiger partial charge in [0, 0.05) is 36.8 Å². The molecule has 0 atom stereocenters. The zero-order chi connectivity index (χ0) is 19.4. The van der Waals surface area contributed by atoms with Gasteiger partial charge in [0.1, 0.15) is 11.5 Å². The van der Waals surface area contributed by atoms with E-state index in [0.29, 0.717) is 35.7 Å². The predicted octanol–water partition coefficient (Wildman–Crippen LogP) is 2.31. The van der Waals surface area contributed by atoms with Crippen LogP contribution in [0, 0.1) is 0 Å². The molecular weight excluding hydrogens is 368 g/mol. The molecule has 144 valence electrons. The Hall–Kier alpha value is -2.58. The number of amides is 1. The summed E-state index contributed by atoms with van der Waals surface area (Å²) in [6, 6.07) is 11.5. The number of ether oxygens (including phenoxy) is 2. The van der Waals surface area contributed by atoms with Crippen LogP contribution in [-0.4, -0.2) is 35.1 Å². The minimum absolute atomic E-state index is 0.0651. The van der Waals surface area contributed by atoms with Crippen molar-refractivity contribution in [3.8, 4) is 11.5 Å².